The molecule has 1 heterocycles. The lowest BCUT2D eigenvalue weighted by atomic mass is 10.1. The van der Waals surface area contributed by atoms with Crippen molar-refractivity contribution in [1.82, 2.24) is 14.7 Å². The molecule has 0 spiro atoms. The third-order valence-corrected chi connectivity index (χ3v) is 5.42. The SMILES string of the molecule is Cc1nc(NCCCNS(C)(=O)=O)nc2ccc(NC(=O)/C=C/c3ccc(OC(F)(F)F)cc3)cc12. The van der Waals surface area contributed by atoms with Gasteiger partial charge in [0.25, 0.3) is 0 Å². The van der Waals surface area contributed by atoms with Gasteiger partial charge < -0.3 is 15.4 Å². The third-order valence-electron chi connectivity index (χ3n) is 4.70. The van der Waals surface area contributed by atoms with E-state index < -0.39 is 22.3 Å². The lowest BCUT2D eigenvalue weighted by Crippen LogP contribution is -2.24. The lowest BCUT2D eigenvalue weighted by Gasteiger charge is -2.10. The molecular formula is C23H24F3N5O4S. The standard InChI is InChI=1S/C23H24F3N5O4S/c1-15-19-14-17(7-10-20(19)31-22(29-15)27-12-3-13-28-36(2,33)34)30-21(32)11-6-16-4-8-18(9-5-16)35-23(24,25)26/h4-11,14,28H,3,12-13H2,1-2H3,(H,30,32)(H,27,29,31)/b11-6+. The Hall–Kier alpha value is -3.71. The van der Waals surface area contributed by atoms with Gasteiger partial charge in [0.15, 0.2) is 0 Å². The minimum absolute atomic E-state index is 0.299. The second-order valence-electron chi connectivity index (χ2n) is 7.75. The van der Waals surface area contributed by atoms with Crippen LogP contribution in [0, 0.1) is 6.92 Å². The van der Waals surface area contributed by atoms with E-state index >= 15 is 0 Å². The molecular weight excluding hydrogens is 499 g/mol. The number of fused-ring (bicyclic) bond motifs is 1. The Labute approximate surface area is 205 Å². The predicted octanol–water partition coefficient (Wildman–Crippen LogP) is 3.84. The van der Waals surface area contributed by atoms with Gasteiger partial charge in [0, 0.05) is 30.2 Å². The molecule has 0 aliphatic carbocycles. The number of alkyl halides is 3. The smallest absolute Gasteiger partial charge is 0.406 e. The summed E-state index contributed by atoms with van der Waals surface area (Å²) in [5, 5.41) is 6.52. The van der Waals surface area contributed by atoms with E-state index in [2.05, 4.69) is 30.1 Å². The van der Waals surface area contributed by atoms with E-state index in [9.17, 15) is 26.4 Å². The molecule has 1 amide bonds. The van der Waals surface area contributed by atoms with Crippen LogP contribution in [0.15, 0.2) is 48.5 Å². The van der Waals surface area contributed by atoms with Gasteiger partial charge in [-0.2, -0.15) is 0 Å². The molecule has 2 aromatic carbocycles. The maximum Gasteiger partial charge on any atom is 0.573 e. The zero-order valence-electron chi connectivity index (χ0n) is 19.4. The van der Waals surface area contributed by atoms with Crippen LogP contribution in [0.5, 0.6) is 5.75 Å². The fraction of sp³-hybridized carbons (Fsp3) is 0.261. The highest BCUT2D eigenvalue weighted by Crippen LogP contribution is 2.24. The van der Waals surface area contributed by atoms with Gasteiger partial charge in [-0.15, -0.1) is 13.2 Å². The number of nitrogens with zero attached hydrogens (tertiary/aromatic N) is 2. The normalized spacial score (nSPS) is 12.1. The quantitative estimate of drug-likeness (QED) is 0.273. The maximum atomic E-state index is 12.3. The predicted molar refractivity (Wildman–Crippen MR) is 131 cm³/mol. The van der Waals surface area contributed by atoms with Crippen molar-refractivity contribution in [2.75, 3.05) is 30.0 Å². The summed E-state index contributed by atoms with van der Waals surface area (Å²) in [7, 11) is -3.22. The molecule has 9 nitrogen and oxygen atoms in total. The molecule has 1 aromatic heterocycles. The first kappa shape index (κ1) is 26.9. The number of hydrogen-bond acceptors (Lipinski definition) is 7. The molecule has 0 aliphatic heterocycles. The second-order valence-corrected chi connectivity index (χ2v) is 9.58. The van der Waals surface area contributed by atoms with Gasteiger partial charge in [0.2, 0.25) is 21.9 Å². The van der Waals surface area contributed by atoms with Crippen LogP contribution in [0.2, 0.25) is 0 Å². The van der Waals surface area contributed by atoms with Crippen molar-refractivity contribution in [2.45, 2.75) is 19.7 Å². The summed E-state index contributed by atoms with van der Waals surface area (Å²) >= 11 is 0. The number of nitrogens with one attached hydrogen (secondary N) is 3. The Kier molecular flexibility index (Phi) is 8.48. The number of benzene rings is 2. The number of carbonyl (C=O) groups is 1. The third kappa shape index (κ3) is 8.82. The molecule has 0 aliphatic rings. The van der Waals surface area contributed by atoms with Crippen molar-refractivity contribution in [3.8, 4) is 5.75 Å². The number of sulfonamides is 1. The topological polar surface area (TPSA) is 122 Å². The number of halogens is 3. The maximum absolute atomic E-state index is 12.3. The summed E-state index contributed by atoms with van der Waals surface area (Å²) < 4.78 is 65.1. The number of ether oxygens (including phenoxy) is 1. The number of rotatable bonds is 10. The van der Waals surface area contributed by atoms with Crippen molar-refractivity contribution in [3.63, 3.8) is 0 Å². The van der Waals surface area contributed by atoms with Crippen LogP contribution in [-0.4, -0.2) is 50.0 Å². The zero-order valence-corrected chi connectivity index (χ0v) is 20.2. The van der Waals surface area contributed by atoms with Crippen LogP contribution in [-0.2, 0) is 14.8 Å². The molecule has 0 saturated carbocycles. The fourth-order valence-electron chi connectivity index (χ4n) is 3.12. The van der Waals surface area contributed by atoms with Crippen LogP contribution in [0.25, 0.3) is 17.0 Å². The van der Waals surface area contributed by atoms with Gasteiger partial charge in [-0.1, -0.05) is 12.1 Å². The van der Waals surface area contributed by atoms with Gasteiger partial charge >= 0.3 is 6.36 Å². The summed E-state index contributed by atoms with van der Waals surface area (Å²) in [4.78, 5) is 21.1. The van der Waals surface area contributed by atoms with Crippen molar-refractivity contribution < 1.29 is 31.1 Å². The summed E-state index contributed by atoms with van der Waals surface area (Å²) in [6.45, 7) is 2.58. The number of amides is 1. The molecule has 3 rings (SSSR count). The molecule has 3 N–H and O–H groups in total. The van der Waals surface area contributed by atoms with Crippen LogP contribution in [0.3, 0.4) is 0 Å². The number of hydrogen-bond donors (Lipinski definition) is 3. The molecule has 192 valence electrons. The fourth-order valence-corrected chi connectivity index (χ4v) is 3.64. The molecule has 0 bridgehead atoms. The van der Waals surface area contributed by atoms with Crippen molar-refractivity contribution >= 4 is 44.5 Å². The Morgan fingerprint density at radius 2 is 1.81 bits per heavy atom. The zero-order chi connectivity index (χ0) is 26.3. The first-order valence-corrected chi connectivity index (χ1v) is 12.6. The molecule has 13 heteroatoms. The highest BCUT2D eigenvalue weighted by molar-refractivity contribution is 7.88. The van der Waals surface area contributed by atoms with Crippen molar-refractivity contribution in [3.05, 3.63) is 59.8 Å². The summed E-state index contributed by atoms with van der Waals surface area (Å²) in [5.74, 6) is -0.365. The highest BCUT2D eigenvalue weighted by Gasteiger charge is 2.30. The summed E-state index contributed by atoms with van der Waals surface area (Å²) in [5.41, 5.74) is 2.39. The van der Waals surface area contributed by atoms with Gasteiger partial charge in [-0.05, 0) is 55.3 Å². The van der Waals surface area contributed by atoms with Gasteiger partial charge in [0.05, 0.1) is 17.5 Å². The largest absolute Gasteiger partial charge is 0.573 e. The van der Waals surface area contributed by atoms with E-state index in [1.165, 1.54) is 24.3 Å². The van der Waals surface area contributed by atoms with Gasteiger partial charge in [-0.3, -0.25) is 4.79 Å². The molecule has 0 atom stereocenters. The first-order valence-electron chi connectivity index (χ1n) is 10.7. The average Bonchev–Trinajstić information content (AvgIpc) is 2.77. The summed E-state index contributed by atoms with van der Waals surface area (Å²) in [6, 6.07) is 10.3. The van der Waals surface area contributed by atoms with E-state index in [1.54, 1.807) is 25.1 Å². The minimum Gasteiger partial charge on any atom is -0.406 e. The van der Waals surface area contributed by atoms with E-state index in [0.29, 0.717) is 47.9 Å². The summed E-state index contributed by atoms with van der Waals surface area (Å²) in [6.07, 6.45) is -0.387. The van der Waals surface area contributed by atoms with E-state index in [1.807, 2.05) is 0 Å². The van der Waals surface area contributed by atoms with E-state index in [4.69, 9.17) is 0 Å². The Bertz CT molecular complexity index is 1360. The van der Waals surface area contributed by atoms with Gasteiger partial charge in [0.1, 0.15) is 5.75 Å². The monoisotopic (exact) mass is 523 g/mol. The Balaban J connectivity index is 1.58. The van der Waals surface area contributed by atoms with E-state index in [0.717, 1.165) is 23.8 Å². The number of anilines is 2. The number of aromatic nitrogens is 2. The highest BCUT2D eigenvalue weighted by atomic mass is 32.2. The lowest BCUT2D eigenvalue weighted by molar-refractivity contribution is -0.274. The molecule has 0 saturated heterocycles. The first-order chi connectivity index (χ1) is 16.9. The van der Waals surface area contributed by atoms with E-state index in [-0.39, 0.29) is 5.75 Å². The minimum atomic E-state index is -4.77. The van der Waals surface area contributed by atoms with Crippen LogP contribution >= 0.6 is 0 Å². The number of carbonyl (C=O) groups excluding carboxylic acids is 1. The van der Waals surface area contributed by atoms with Crippen molar-refractivity contribution in [2.24, 2.45) is 0 Å². The van der Waals surface area contributed by atoms with Crippen LogP contribution in [0.4, 0.5) is 24.8 Å². The molecule has 0 unspecified atom stereocenters. The van der Waals surface area contributed by atoms with Crippen LogP contribution < -0.4 is 20.1 Å². The molecule has 3 aromatic rings. The van der Waals surface area contributed by atoms with Crippen LogP contribution in [0.1, 0.15) is 17.7 Å². The van der Waals surface area contributed by atoms with Crippen molar-refractivity contribution in [1.29, 1.82) is 0 Å². The van der Waals surface area contributed by atoms with Gasteiger partial charge in [-0.25, -0.2) is 23.1 Å². The second kappa shape index (κ2) is 11.4. The molecule has 0 fully saturated rings. The Morgan fingerprint density at radius 1 is 1.08 bits per heavy atom. The Morgan fingerprint density at radius 3 is 2.47 bits per heavy atom. The molecule has 36 heavy (non-hydrogen) atoms. The average molecular weight is 524 g/mol. The number of aryl methyl sites for hydroxylation is 1. The molecule has 0 radical (unpaired) electrons.